The van der Waals surface area contributed by atoms with Crippen molar-refractivity contribution in [2.75, 3.05) is 18.2 Å². The van der Waals surface area contributed by atoms with Crippen LogP contribution in [0.1, 0.15) is 37.2 Å². The van der Waals surface area contributed by atoms with Crippen LogP contribution in [0.15, 0.2) is 72.8 Å². The number of anilines is 1. The summed E-state index contributed by atoms with van der Waals surface area (Å²) in [5, 5.41) is 2.91. The van der Waals surface area contributed by atoms with Crippen molar-refractivity contribution in [3.05, 3.63) is 100 Å². The number of amides is 2. The van der Waals surface area contributed by atoms with Crippen molar-refractivity contribution in [1.82, 2.24) is 4.90 Å². The molecule has 6 nitrogen and oxygen atoms in total. The van der Waals surface area contributed by atoms with Crippen LogP contribution in [0.3, 0.4) is 0 Å². The lowest BCUT2D eigenvalue weighted by Gasteiger charge is -2.24. The minimum atomic E-state index is -0.580. The number of methoxy groups -OCH3 is 1. The fraction of sp³-hybridized carbons (Fsp3) is 0.160. The Morgan fingerprint density at radius 1 is 1.09 bits per heavy atom. The summed E-state index contributed by atoms with van der Waals surface area (Å²) < 4.78 is 4.71. The zero-order chi connectivity index (χ0) is 23.4. The second-order valence-corrected chi connectivity index (χ2v) is 8.91. The first-order valence-electron chi connectivity index (χ1n) is 10.2. The number of rotatable bonds is 6. The van der Waals surface area contributed by atoms with E-state index in [1.165, 1.54) is 19.2 Å². The smallest absolute Gasteiger partial charge is 0.339 e. The number of esters is 1. The van der Waals surface area contributed by atoms with E-state index in [0.717, 1.165) is 11.1 Å². The first-order valence-corrected chi connectivity index (χ1v) is 11.6. The zero-order valence-corrected chi connectivity index (χ0v) is 19.4. The van der Waals surface area contributed by atoms with Gasteiger partial charge >= 0.3 is 5.97 Å². The van der Waals surface area contributed by atoms with E-state index in [4.69, 9.17) is 16.3 Å². The third kappa shape index (κ3) is 5.21. The number of nitrogens with one attached hydrogen (secondary N) is 1. The zero-order valence-electron chi connectivity index (χ0n) is 17.8. The number of ether oxygens (including phenoxy) is 1. The summed E-state index contributed by atoms with van der Waals surface area (Å²) in [6.45, 7) is 0.540. The predicted molar refractivity (Wildman–Crippen MR) is 129 cm³/mol. The molecule has 1 saturated heterocycles. The lowest BCUT2D eigenvalue weighted by Crippen LogP contribution is -2.27. The molecule has 8 heteroatoms. The second kappa shape index (κ2) is 10.1. The molecule has 1 heterocycles. The standard InChI is InChI=1S/C25H21ClN2O4S/c1-32-25(31)20-13-19(11-12-21(20)26)27-23(30)17-7-9-18(10-8-17)24-28(22(29)15-33-24)14-16-5-3-2-4-6-16/h2-13,24H,14-15H2,1H3,(H,27,30)/t24-/m1/s1. The third-order valence-corrected chi connectivity index (χ3v) is 6.84. The van der Waals surface area contributed by atoms with Crippen LogP contribution in [0.5, 0.6) is 0 Å². The first kappa shape index (κ1) is 22.9. The normalized spacial score (nSPS) is 15.4. The van der Waals surface area contributed by atoms with Gasteiger partial charge in [0.25, 0.3) is 5.91 Å². The van der Waals surface area contributed by atoms with Gasteiger partial charge in [-0.3, -0.25) is 9.59 Å². The van der Waals surface area contributed by atoms with Gasteiger partial charge in [0, 0.05) is 17.8 Å². The molecule has 0 aliphatic carbocycles. The van der Waals surface area contributed by atoms with Crippen LogP contribution in [0, 0.1) is 0 Å². The van der Waals surface area contributed by atoms with Crippen molar-refractivity contribution in [2.24, 2.45) is 0 Å². The lowest BCUT2D eigenvalue weighted by atomic mass is 10.1. The average Bonchev–Trinajstić information content (AvgIpc) is 3.20. The van der Waals surface area contributed by atoms with Crippen molar-refractivity contribution in [2.45, 2.75) is 11.9 Å². The van der Waals surface area contributed by atoms with Gasteiger partial charge in [-0.1, -0.05) is 54.1 Å². The molecule has 1 atom stereocenters. The van der Waals surface area contributed by atoms with E-state index in [-0.39, 0.29) is 27.8 Å². The molecule has 1 N–H and O–H groups in total. The fourth-order valence-corrected chi connectivity index (χ4v) is 4.94. The van der Waals surface area contributed by atoms with Crippen LogP contribution in [-0.4, -0.2) is 35.5 Å². The Balaban J connectivity index is 1.47. The van der Waals surface area contributed by atoms with Gasteiger partial charge in [-0.25, -0.2) is 4.79 Å². The molecule has 168 valence electrons. The minimum Gasteiger partial charge on any atom is -0.465 e. The number of benzene rings is 3. The van der Waals surface area contributed by atoms with E-state index in [9.17, 15) is 14.4 Å². The van der Waals surface area contributed by atoms with Crippen molar-refractivity contribution < 1.29 is 19.1 Å². The van der Waals surface area contributed by atoms with Gasteiger partial charge in [-0.15, -0.1) is 11.8 Å². The minimum absolute atomic E-state index is 0.0971. The highest BCUT2D eigenvalue weighted by Crippen LogP contribution is 2.39. The molecule has 0 spiro atoms. The summed E-state index contributed by atoms with van der Waals surface area (Å²) in [5.74, 6) is -0.376. The van der Waals surface area contributed by atoms with Crippen molar-refractivity contribution in [1.29, 1.82) is 0 Å². The van der Waals surface area contributed by atoms with Gasteiger partial charge in [0.05, 0.1) is 23.4 Å². The van der Waals surface area contributed by atoms with E-state index in [0.29, 0.717) is 23.5 Å². The molecule has 1 aliphatic heterocycles. The number of carbonyl (C=O) groups is 3. The first-order chi connectivity index (χ1) is 16.0. The Bertz CT molecular complexity index is 1180. The third-order valence-electron chi connectivity index (χ3n) is 5.25. The number of nitrogens with zero attached hydrogens (tertiary/aromatic N) is 1. The number of carbonyl (C=O) groups excluding carboxylic acids is 3. The molecule has 33 heavy (non-hydrogen) atoms. The van der Waals surface area contributed by atoms with Crippen molar-refractivity contribution in [3.8, 4) is 0 Å². The maximum atomic E-state index is 12.7. The number of halogens is 1. The second-order valence-electron chi connectivity index (χ2n) is 7.43. The van der Waals surface area contributed by atoms with Crippen molar-refractivity contribution >= 4 is 46.8 Å². The SMILES string of the molecule is COC(=O)c1cc(NC(=O)c2ccc([C@H]3SCC(=O)N3Cc3ccccc3)cc2)ccc1Cl. The van der Waals surface area contributed by atoms with Crippen LogP contribution in [0.25, 0.3) is 0 Å². The fourth-order valence-electron chi connectivity index (χ4n) is 3.55. The molecule has 1 fully saturated rings. The van der Waals surface area contributed by atoms with E-state index >= 15 is 0 Å². The largest absolute Gasteiger partial charge is 0.465 e. The molecule has 3 aromatic carbocycles. The monoisotopic (exact) mass is 480 g/mol. The quantitative estimate of drug-likeness (QED) is 0.493. The van der Waals surface area contributed by atoms with Gasteiger partial charge in [0.15, 0.2) is 0 Å². The Labute approximate surface area is 200 Å². The highest BCUT2D eigenvalue weighted by Gasteiger charge is 2.32. The summed E-state index contributed by atoms with van der Waals surface area (Å²) in [6.07, 6.45) is 0. The maximum Gasteiger partial charge on any atom is 0.339 e. The van der Waals surface area contributed by atoms with Crippen LogP contribution in [0.2, 0.25) is 5.02 Å². The Morgan fingerprint density at radius 3 is 2.52 bits per heavy atom. The number of hydrogen-bond acceptors (Lipinski definition) is 5. The van der Waals surface area contributed by atoms with E-state index in [1.54, 1.807) is 30.0 Å². The Kier molecular flexibility index (Phi) is 7.01. The summed E-state index contributed by atoms with van der Waals surface area (Å²) in [6, 6.07) is 21.7. The molecule has 3 aromatic rings. The Hall–Kier alpha value is -3.29. The van der Waals surface area contributed by atoms with E-state index < -0.39 is 5.97 Å². The van der Waals surface area contributed by atoms with E-state index in [1.807, 2.05) is 47.4 Å². The van der Waals surface area contributed by atoms with Crippen molar-refractivity contribution in [3.63, 3.8) is 0 Å². The molecular formula is C25H21ClN2O4S. The number of thioether (sulfide) groups is 1. The molecule has 4 rings (SSSR count). The van der Waals surface area contributed by atoms with Gasteiger partial charge < -0.3 is 15.0 Å². The molecule has 0 saturated carbocycles. The highest BCUT2D eigenvalue weighted by atomic mass is 35.5. The summed E-state index contributed by atoms with van der Waals surface area (Å²) in [4.78, 5) is 38.8. The summed E-state index contributed by atoms with van der Waals surface area (Å²) in [7, 11) is 1.27. The van der Waals surface area contributed by atoms with Crippen LogP contribution in [-0.2, 0) is 16.1 Å². The van der Waals surface area contributed by atoms with Gasteiger partial charge in [-0.2, -0.15) is 0 Å². The average molecular weight is 481 g/mol. The van der Waals surface area contributed by atoms with Crippen LogP contribution in [0.4, 0.5) is 5.69 Å². The molecule has 0 radical (unpaired) electrons. The molecule has 0 unspecified atom stereocenters. The van der Waals surface area contributed by atoms with Crippen LogP contribution >= 0.6 is 23.4 Å². The number of hydrogen-bond donors (Lipinski definition) is 1. The molecule has 1 aliphatic rings. The predicted octanol–water partition coefficient (Wildman–Crippen LogP) is 5.15. The molecular weight excluding hydrogens is 460 g/mol. The maximum absolute atomic E-state index is 12.7. The Morgan fingerprint density at radius 2 is 1.82 bits per heavy atom. The molecule has 0 bridgehead atoms. The lowest BCUT2D eigenvalue weighted by molar-refractivity contribution is -0.128. The summed E-state index contributed by atoms with van der Waals surface area (Å²) >= 11 is 7.61. The van der Waals surface area contributed by atoms with Gasteiger partial charge in [0.1, 0.15) is 5.37 Å². The van der Waals surface area contributed by atoms with Gasteiger partial charge in [-0.05, 0) is 41.5 Å². The summed E-state index contributed by atoms with van der Waals surface area (Å²) in [5.41, 5.74) is 3.09. The van der Waals surface area contributed by atoms with E-state index in [2.05, 4.69) is 5.32 Å². The topological polar surface area (TPSA) is 75.7 Å². The van der Waals surface area contributed by atoms with Crippen LogP contribution < -0.4 is 5.32 Å². The highest BCUT2D eigenvalue weighted by molar-refractivity contribution is 8.00. The molecule has 2 amide bonds. The molecule has 0 aromatic heterocycles. The van der Waals surface area contributed by atoms with Gasteiger partial charge in [0.2, 0.25) is 5.91 Å².